The SMILES string of the molecule is Cc1cc(OC(=S)C(C#N)C(=N)C(C)(C)C)c(C)cc1N. The molecule has 0 heterocycles. The lowest BCUT2D eigenvalue weighted by atomic mass is 9.83. The van der Waals surface area contributed by atoms with E-state index in [0.717, 1.165) is 11.1 Å². The zero-order chi connectivity index (χ0) is 16.4. The van der Waals surface area contributed by atoms with Crippen molar-refractivity contribution in [3.05, 3.63) is 23.3 Å². The first-order valence-electron chi connectivity index (χ1n) is 6.65. The summed E-state index contributed by atoms with van der Waals surface area (Å²) in [5.41, 5.74) is 8.07. The van der Waals surface area contributed by atoms with Crippen molar-refractivity contribution in [1.29, 1.82) is 10.7 Å². The van der Waals surface area contributed by atoms with E-state index in [2.05, 4.69) is 6.07 Å². The number of thiocarbonyl (C=S) groups is 1. The summed E-state index contributed by atoms with van der Waals surface area (Å²) in [5.74, 6) is -0.258. The van der Waals surface area contributed by atoms with Crippen molar-refractivity contribution in [1.82, 2.24) is 0 Å². The maximum absolute atomic E-state index is 9.30. The number of benzene rings is 1. The summed E-state index contributed by atoms with van der Waals surface area (Å²) in [6.07, 6.45) is 0. The Morgan fingerprint density at radius 3 is 2.38 bits per heavy atom. The third-order valence-electron chi connectivity index (χ3n) is 3.24. The Balaban J connectivity index is 3.03. The highest BCUT2D eigenvalue weighted by Crippen LogP contribution is 2.27. The molecule has 112 valence electrons. The molecule has 0 saturated carbocycles. The molecule has 0 fully saturated rings. The minimum Gasteiger partial charge on any atom is -0.448 e. The normalized spacial score (nSPS) is 12.4. The van der Waals surface area contributed by atoms with Gasteiger partial charge in [-0.3, -0.25) is 0 Å². The van der Waals surface area contributed by atoms with Crippen LogP contribution in [-0.2, 0) is 0 Å². The van der Waals surface area contributed by atoms with Gasteiger partial charge in [0.15, 0.2) is 11.0 Å². The van der Waals surface area contributed by atoms with E-state index < -0.39 is 11.3 Å². The lowest BCUT2D eigenvalue weighted by Crippen LogP contribution is -2.33. The van der Waals surface area contributed by atoms with Gasteiger partial charge in [0.25, 0.3) is 0 Å². The molecule has 1 unspecified atom stereocenters. The number of hydrogen-bond acceptors (Lipinski definition) is 5. The molecule has 0 aliphatic carbocycles. The highest BCUT2D eigenvalue weighted by molar-refractivity contribution is 7.80. The lowest BCUT2D eigenvalue weighted by molar-refractivity contribution is 0.523. The van der Waals surface area contributed by atoms with E-state index in [9.17, 15) is 5.26 Å². The van der Waals surface area contributed by atoms with Crippen molar-refractivity contribution in [2.45, 2.75) is 34.6 Å². The molecule has 0 aliphatic heterocycles. The van der Waals surface area contributed by atoms with Gasteiger partial charge in [-0.05, 0) is 49.3 Å². The lowest BCUT2D eigenvalue weighted by Gasteiger charge is -2.24. The van der Waals surface area contributed by atoms with Gasteiger partial charge in [-0.15, -0.1) is 0 Å². The first-order valence-corrected chi connectivity index (χ1v) is 7.05. The Kier molecular flexibility index (Phi) is 5.08. The van der Waals surface area contributed by atoms with Crippen LogP contribution in [0, 0.1) is 41.9 Å². The summed E-state index contributed by atoms with van der Waals surface area (Å²) >= 11 is 5.22. The van der Waals surface area contributed by atoms with E-state index in [4.69, 9.17) is 28.1 Å². The van der Waals surface area contributed by atoms with Crippen LogP contribution in [0.2, 0.25) is 0 Å². The van der Waals surface area contributed by atoms with Gasteiger partial charge in [-0.1, -0.05) is 20.8 Å². The standard InChI is InChI=1S/C16H21N3OS/c1-9-7-13(10(2)6-12(9)18)20-15(21)11(8-17)14(19)16(3,4)5/h6-7,11,19H,18H2,1-5H3. The number of aryl methyl sites for hydroxylation is 2. The number of anilines is 1. The molecule has 0 spiro atoms. The molecule has 1 rings (SSSR count). The molecule has 1 aromatic rings. The second-order valence-corrected chi connectivity index (χ2v) is 6.52. The Labute approximate surface area is 131 Å². The molecule has 3 N–H and O–H groups in total. The molecule has 21 heavy (non-hydrogen) atoms. The van der Waals surface area contributed by atoms with E-state index in [0.29, 0.717) is 11.4 Å². The van der Waals surface area contributed by atoms with Gasteiger partial charge in [-0.25, -0.2) is 0 Å². The van der Waals surface area contributed by atoms with E-state index in [1.165, 1.54) is 0 Å². The number of ether oxygens (including phenoxy) is 1. The van der Waals surface area contributed by atoms with Gasteiger partial charge in [0.05, 0.1) is 6.07 Å². The molecular weight excluding hydrogens is 282 g/mol. The number of nitrogens with zero attached hydrogens (tertiary/aromatic N) is 1. The van der Waals surface area contributed by atoms with Crippen LogP contribution in [0.25, 0.3) is 0 Å². The predicted octanol–water partition coefficient (Wildman–Crippen LogP) is 3.80. The van der Waals surface area contributed by atoms with Crippen molar-refractivity contribution in [3.63, 3.8) is 0 Å². The van der Waals surface area contributed by atoms with Gasteiger partial charge in [-0.2, -0.15) is 5.26 Å². The molecular formula is C16H21N3OS. The summed E-state index contributed by atoms with van der Waals surface area (Å²) in [5, 5.41) is 17.5. The molecule has 0 aliphatic rings. The van der Waals surface area contributed by atoms with Gasteiger partial charge < -0.3 is 15.9 Å². The predicted molar refractivity (Wildman–Crippen MR) is 89.8 cm³/mol. The average molecular weight is 303 g/mol. The van der Waals surface area contributed by atoms with Crippen LogP contribution in [0.3, 0.4) is 0 Å². The van der Waals surface area contributed by atoms with Gasteiger partial charge in [0.1, 0.15) is 5.75 Å². The van der Waals surface area contributed by atoms with Crippen LogP contribution in [-0.4, -0.2) is 10.8 Å². The largest absolute Gasteiger partial charge is 0.448 e. The number of nitrogen functional groups attached to an aromatic ring is 1. The minimum absolute atomic E-state index is 0.102. The second kappa shape index (κ2) is 6.23. The van der Waals surface area contributed by atoms with Crippen LogP contribution < -0.4 is 10.5 Å². The topological polar surface area (TPSA) is 82.9 Å². The number of nitriles is 1. The second-order valence-electron chi connectivity index (χ2n) is 6.12. The summed E-state index contributed by atoms with van der Waals surface area (Å²) in [6, 6.07) is 5.67. The quantitative estimate of drug-likeness (QED) is 0.505. The van der Waals surface area contributed by atoms with Crippen molar-refractivity contribution >= 4 is 28.7 Å². The van der Waals surface area contributed by atoms with Crippen LogP contribution in [0.1, 0.15) is 31.9 Å². The fourth-order valence-electron chi connectivity index (χ4n) is 1.76. The van der Waals surface area contributed by atoms with E-state index in [-0.39, 0.29) is 10.8 Å². The maximum atomic E-state index is 9.30. The van der Waals surface area contributed by atoms with E-state index in [1.54, 1.807) is 6.07 Å². The van der Waals surface area contributed by atoms with Crippen molar-refractivity contribution in [2.75, 3.05) is 5.73 Å². The number of rotatable bonds is 3. The number of nitrogens with two attached hydrogens (primary N) is 1. The molecule has 5 heteroatoms. The first kappa shape index (κ1) is 17.1. The van der Waals surface area contributed by atoms with Crippen LogP contribution in [0.4, 0.5) is 5.69 Å². The molecule has 0 radical (unpaired) electrons. The van der Waals surface area contributed by atoms with Gasteiger partial charge in [0, 0.05) is 16.8 Å². The number of nitrogens with one attached hydrogen (secondary N) is 1. The molecule has 0 aromatic heterocycles. The highest BCUT2D eigenvalue weighted by Gasteiger charge is 2.30. The van der Waals surface area contributed by atoms with Crippen LogP contribution in [0.5, 0.6) is 5.75 Å². The summed E-state index contributed by atoms with van der Waals surface area (Å²) in [6.45, 7) is 9.37. The van der Waals surface area contributed by atoms with Crippen molar-refractivity contribution in [2.24, 2.45) is 11.3 Å². The Morgan fingerprint density at radius 2 is 1.90 bits per heavy atom. The molecule has 0 saturated heterocycles. The van der Waals surface area contributed by atoms with Crippen molar-refractivity contribution < 1.29 is 4.74 Å². The van der Waals surface area contributed by atoms with Gasteiger partial charge >= 0.3 is 0 Å². The smallest absolute Gasteiger partial charge is 0.190 e. The first-order chi connectivity index (χ1) is 9.57. The van der Waals surface area contributed by atoms with Crippen LogP contribution >= 0.6 is 12.2 Å². The van der Waals surface area contributed by atoms with E-state index >= 15 is 0 Å². The maximum Gasteiger partial charge on any atom is 0.190 e. The Bertz CT molecular complexity index is 624. The summed E-state index contributed by atoms with van der Waals surface area (Å²) in [4.78, 5) is 0. The fraction of sp³-hybridized carbons (Fsp3) is 0.438. The van der Waals surface area contributed by atoms with Crippen LogP contribution in [0.15, 0.2) is 12.1 Å². The van der Waals surface area contributed by atoms with Gasteiger partial charge in [0.2, 0.25) is 0 Å². The summed E-state index contributed by atoms with van der Waals surface area (Å²) in [7, 11) is 0. The third kappa shape index (κ3) is 4.02. The molecule has 1 aromatic carbocycles. The zero-order valence-electron chi connectivity index (χ0n) is 13.1. The zero-order valence-corrected chi connectivity index (χ0v) is 13.9. The number of hydrogen-bond donors (Lipinski definition) is 2. The van der Waals surface area contributed by atoms with Crippen molar-refractivity contribution in [3.8, 4) is 11.8 Å². The average Bonchev–Trinajstić information content (AvgIpc) is 2.35. The molecule has 4 nitrogen and oxygen atoms in total. The summed E-state index contributed by atoms with van der Waals surface area (Å²) < 4.78 is 5.66. The third-order valence-corrected chi connectivity index (χ3v) is 3.55. The fourth-order valence-corrected chi connectivity index (χ4v) is 2.02. The monoisotopic (exact) mass is 303 g/mol. The Morgan fingerprint density at radius 1 is 1.33 bits per heavy atom. The molecule has 0 amide bonds. The Hall–Kier alpha value is -1.93. The van der Waals surface area contributed by atoms with E-state index in [1.807, 2.05) is 40.7 Å². The molecule has 1 atom stereocenters. The molecule has 0 bridgehead atoms. The highest BCUT2D eigenvalue weighted by atomic mass is 32.1. The minimum atomic E-state index is -0.836.